The zero-order chi connectivity index (χ0) is 15.3. The lowest BCUT2D eigenvalue weighted by atomic mass is 10.0. The standard InChI is InChI=1S/C19H15FNO/c1-12-9-15-16-10-13(20)6-7-18(16)22-19(15)11-14(12)17-5-3-4-8-21(17)2/h3-11H,1-2H3/q+1. The van der Waals surface area contributed by atoms with Gasteiger partial charge in [-0.25, -0.2) is 8.96 Å². The molecular weight excluding hydrogens is 277 g/mol. The van der Waals surface area contributed by atoms with E-state index >= 15 is 0 Å². The normalized spacial score (nSPS) is 11.4. The van der Waals surface area contributed by atoms with Gasteiger partial charge < -0.3 is 4.42 Å². The first-order valence-electron chi connectivity index (χ1n) is 7.21. The van der Waals surface area contributed by atoms with Crippen LogP contribution < -0.4 is 4.57 Å². The molecule has 0 aliphatic heterocycles. The number of nitrogens with zero attached hydrogens (tertiary/aromatic N) is 1. The molecule has 0 unspecified atom stereocenters. The van der Waals surface area contributed by atoms with Crippen molar-refractivity contribution in [3.63, 3.8) is 0 Å². The van der Waals surface area contributed by atoms with Crippen molar-refractivity contribution in [2.45, 2.75) is 6.92 Å². The SMILES string of the molecule is Cc1cc2c(cc1-c1cccc[n+]1C)oc1ccc(F)cc12. The van der Waals surface area contributed by atoms with E-state index in [1.165, 1.54) is 12.1 Å². The highest BCUT2D eigenvalue weighted by Crippen LogP contribution is 2.33. The van der Waals surface area contributed by atoms with E-state index in [0.717, 1.165) is 33.2 Å². The second-order valence-electron chi connectivity index (χ2n) is 5.60. The Morgan fingerprint density at radius 3 is 2.59 bits per heavy atom. The van der Waals surface area contributed by atoms with Gasteiger partial charge in [0.05, 0.1) is 5.56 Å². The third kappa shape index (κ3) is 1.90. The summed E-state index contributed by atoms with van der Waals surface area (Å²) in [5, 5.41) is 1.77. The fourth-order valence-corrected chi connectivity index (χ4v) is 2.98. The molecule has 4 aromatic rings. The second-order valence-corrected chi connectivity index (χ2v) is 5.60. The number of aryl methyl sites for hydroxylation is 2. The molecule has 0 saturated carbocycles. The minimum absolute atomic E-state index is 0.244. The van der Waals surface area contributed by atoms with Crippen molar-refractivity contribution >= 4 is 21.9 Å². The largest absolute Gasteiger partial charge is 0.456 e. The van der Waals surface area contributed by atoms with E-state index in [4.69, 9.17) is 4.42 Å². The van der Waals surface area contributed by atoms with E-state index < -0.39 is 0 Å². The first-order valence-corrected chi connectivity index (χ1v) is 7.21. The van der Waals surface area contributed by atoms with Crippen LogP contribution in [0.2, 0.25) is 0 Å². The van der Waals surface area contributed by atoms with E-state index in [1.54, 1.807) is 6.07 Å². The molecule has 108 valence electrons. The third-order valence-electron chi connectivity index (χ3n) is 4.11. The molecule has 0 atom stereocenters. The number of hydrogen-bond donors (Lipinski definition) is 0. The average Bonchev–Trinajstić information content (AvgIpc) is 2.84. The lowest BCUT2D eigenvalue weighted by Gasteiger charge is -2.04. The van der Waals surface area contributed by atoms with Gasteiger partial charge in [0.1, 0.15) is 24.0 Å². The molecule has 0 aliphatic rings. The van der Waals surface area contributed by atoms with E-state index in [9.17, 15) is 4.39 Å². The van der Waals surface area contributed by atoms with Gasteiger partial charge in [-0.15, -0.1) is 0 Å². The summed E-state index contributed by atoms with van der Waals surface area (Å²) in [5.74, 6) is -0.244. The highest BCUT2D eigenvalue weighted by atomic mass is 19.1. The summed E-state index contributed by atoms with van der Waals surface area (Å²) >= 11 is 0. The van der Waals surface area contributed by atoms with Crippen molar-refractivity contribution in [2.75, 3.05) is 0 Å². The van der Waals surface area contributed by atoms with E-state index in [0.29, 0.717) is 5.58 Å². The van der Waals surface area contributed by atoms with Gasteiger partial charge >= 0.3 is 0 Å². The predicted molar refractivity (Wildman–Crippen MR) is 85.0 cm³/mol. The van der Waals surface area contributed by atoms with Crippen LogP contribution in [0.1, 0.15) is 5.56 Å². The number of aromatic nitrogens is 1. The fourth-order valence-electron chi connectivity index (χ4n) is 2.98. The Bertz CT molecular complexity index is 1020. The molecule has 22 heavy (non-hydrogen) atoms. The maximum Gasteiger partial charge on any atom is 0.212 e. The summed E-state index contributed by atoms with van der Waals surface area (Å²) in [6.07, 6.45) is 2.02. The maximum absolute atomic E-state index is 13.5. The number of furan rings is 1. The van der Waals surface area contributed by atoms with Crippen LogP contribution in [0, 0.1) is 12.7 Å². The third-order valence-corrected chi connectivity index (χ3v) is 4.11. The topological polar surface area (TPSA) is 17.0 Å². The molecule has 0 spiro atoms. The molecular formula is C19H15FNO+. The van der Waals surface area contributed by atoms with Crippen molar-refractivity contribution in [3.8, 4) is 11.3 Å². The molecule has 0 saturated heterocycles. The molecule has 0 N–H and O–H groups in total. The number of rotatable bonds is 1. The molecule has 0 radical (unpaired) electrons. The Labute approximate surface area is 127 Å². The highest BCUT2D eigenvalue weighted by molar-refractivity contribution is 6.06. The molecule has 2 aromatic heterocycles. The van der Waals surface area contributed by atoms with Crippen molar-refractivity contribution in [2.24, 2.45) is 7.05 Å². The molecule has 0 amide bonds. The number of pyridine rings is 1. The smallest absolute Gasteiger partial charge is 0.212 e. The first kappa shape index (κ1) is 13.0. The summed E-state index contributed by atoms with van der Waals surface area (Å²) in [6, 6.07) is 14.9. The zero-order valence-electron chi connectivity index (χ0n) is 12.4. The lowest BCUT2D eigenvalue weighted by molar-refractivity contribution is -0.660. The summed E-state index contributed by atoms with van der Waals surface area (Å²) < 4.78 is 21.5. The second kappa shape index (κ2) is 4.67. The summed E-state index contributed by atoms with van der Waals surface area (Å²) in [4.78, 5) is 0. The highest BCUT2D eigenvalue weighted by Gasteiger charge is 2.16. The van der Waals surface area contributed by atoms with Crippen LogP contribution in [-0.4, -0.2) is 0 Å². The van der Waals surface area contributed by atoms with Gasteiger partial charge in [-0.05, 0) is 48.9 Å². The summed E-state index contributed by atoms with van der Waals surface area (Å²) in [5.41, 5.74) is 4.88. The molecule has 0 fully saturated rings. The number of benzene rings is 2. The Morgan fingerprint density at radius 2 is 1.77 bits per heavy atom. The van der Waals surface area contributed by atoms with Gasteiger partial charge in [0.15, 0.2) is 6.20 Å². The van der Waals surface area contributed by atoms with Gasteiger partial charge in [-0.2, -0.15) is 0 Å². The molecule has 0 aliphatic carbocycles. The summed E-state index contributed by atoms with van der Waals surface area (Å²) in [7, 11) is 2.02. The van der Waals surface area contributed by atoms with E-state index in [2.05, 4.69) is 23.6 Å². The van der Waals surface area contributed by atoms with Crippen LogP contribution in [0.3, 0.4) is 0 Å². The average molecular weight is 292 g/mol. The monoisotopic (exact) mass is 292 g/mol. The number of fused-ring (bicyclic) bond motifs is 3. The van der Waals surface area contributed by atoms with E-state index in [-0.39, 0.29) is 5.82 Å². The fraction of sp³-hybridized carbons (Fsp3) is 0.105. The molecule has 4 rings (SSSR count). The quantitative estimate of drug-likeness (QED) is 0.471. The number of hydrogen-bond acceptors (Lipinski definition) is 1. The van der Waals surface area contributed by atoms with Gasteiger partial charge in [0, 0.05) is 22.9 Å². The van der Waals surface area contributed by atoms with Crippen molar-refractivity contribution in [1.82, 2.24) is 0 Å². The van der Waals surface area contributed by atoms with Crippen LogP contribution in [0.25, 0.3) is 33.2 Å². The van der Waals surface area contributed by atoms with Crippen molar-refractivity contribution in [1.29, 1.82) is 0 Å². The zero-order valence-corrected chi connectivity index (χ0v) is 12.4. The molecule has 2 nitrogen and oxygen atoms in total. The Kier molecular flexibility index (Phi) is 2.76. The minimum Gasteiger partial charge on any atom is -0.456 e. The maximum atomic E-state index is 13.5. The summed E-state index contributed by atoms with van der Waals surface area (Å²) in [6.45, 7) is 2.07. The minimum atomic E-state index is -0.244. The van der Waals surface area contributed by atoms with Crippen LogP contribution in [-0.2, 0) is 7.05 Å². The van der Waals surface area contributed by atoms with E-state index in [1.807, 2.05) is 31.4 Å². The van der Waals surface area contributed by atoms with Crippen LogP contribution in [0.4, 0.5) is 4.39 Å². The molecule has 0 bridgehead atoms. The Balaban J connectivity index is 2.05. The first-order chi connectivity index (χ1) is 10.6. The van der Waals surface area contributed by atoms with Crippen LogP contribution in [0.5, 0.6) is 0 Å². The van der Waals surface area contributed by atoms with Crippen LogP contribution >= 0.6 is 0 Å². The van der Waals surface area contributed by atoms with Crippen LogP contribution in [0.15, 0.2) is 59.1 Å². The Hall–Kier alpha value is -2.68. The van der Waals surface area contributed by atoms with Crippen molar-refractivity contribution < 1.29 is 13.4 Å². The lowest BCUT2D eigenvalue weighted by Crippen LogP contribution is -2.30. The molecule has 3 heteroatoms. The number of halogens is 1. The molecule has 2 aromatic carbocycles. The van der Waals surface area contributed by atoms with Gasteiger partial charge in [0.25, 0.3) is 0 Å². The van der Waals surface area contributed by atoms with Gasteiger partial charge in [-0.1, -0.05) is 0 Å². The Morgan fingerprint density at radius 1 is 0.955 bits per heavy atom. The van der Waals surface area contributed by atoms with Crippen molar-refractivity contribution in [3.05, 3.63) is 66.1 Å². The molecule has 2 heterocycles. The van der Waals surface area contributed by atoms with Gasteiger partial charge in [-0.3, -0.25) is 0 Å². The predicted octanol–water partition coefficient (Wildman–Crippen LogP) is 4.53. The van der Waals surface area contributed by atoms with Gasteiger partial charge in [0.2, 0.25) is 5.69 Å².